The third-order valence-electron chi connectivity index (χ3n) is 3.56. The summed E-state index contributed by atoms with van der Waals surface area (Å²) in [4.78, 5) is 8.12. The Balaban J connectivity index is 1.54. The highest BCUT2D eigenvalue weighted by Gasteiger charge is 2.05. The number of aliphatic imine (C=N–C) groups is 1. The van der Waals surface area contributed by atoms with E-state index in [2.05, 4.69) is 20.2 Å². The average Bonchev–Trinajstić information content (AvgIpc) is 3.19. The molecule has 0 amide bonds. The Morgan fingerprint density at radius 2 is 1.85 bits per heavy atom. The van der Waals surface area contributed by atoms with Crippen LogP contribution in [-0.4, -0.2) is 41.7 Å². The van der Waals surface area contributed by atoms with Crippen LogP contribution < -0.4 is 14.2 Å². The normalized spacial score (nSPS) is 10.8. The molecule has 0 unspecified atom stereocenters. The van der Waals surface area contributed by atoms with E-state index in [1.54, 1.807) is 13.3 Å². The van der Waals surface area contributed by atoms with Crippen molar-refractivity contribution in [3.05, 3.63) is 59.9 Å². The number of benzene rings is 2. The minimum Gasteiger partial charge on any atom is -0.493 e. The first-order valence-corrected chi connectivity index (χ1v) is 8.14. The Morgan fingerprint density at radius 3 is 2.58 bits per heavy atom. The van der Waals surface area contributed by atoms with Crippen LogP contribution in [0.5, 0.6) is 17.2 Å². The Labute approximate surface area is 151 Å². The number of aryl methyl sites for hydroxylation is 1. The average molecular weight is 352 g/mol. The van der Waals surface area contributed by atoms with Gasteiger partial charge in [0.25, 0.3) is 0 Å². The second kappa shape index (κ2) is 8.66. The van der Waals surface area contributed by atoms with Gasteiger partial charge in [0.15, 0.2) is 11.5 Å². The SMILES string of the molecule is COc1cc(/C=N/c2ncn[nH]2)ccc1OCCOc1ccc(C)cc1. The van der Waals surface area contributed by atoms with Crippen molar-refractivity contribution in [1.29, 1.82) is 0 Å². The molecule has 0 spiro atoms. The van der Waals surface area contributed by atoms with Crippen molar-refractivity contribution >= 4 is 12.2 Å². The van der Waals surface area contributed by atoms with Crippen LogP contribution in [0.25, 0.3) is 0 Å². The molecule has 0 aliphatic carbocycles. The molecule has 7 nitrogen and oxygen atoms in total. The first-order chi connectivity index (χ1) is 12.7. The van der Waals surface area contributed by atoms with E-state index in [1.165, 1.54) is 11.9 Å². The molecule has 1 heterocycles. The van der Waals surface area contributed by atoms with Crippen molar-refractivity contribution in [1.82, 2.24) is 15.2 Å². The summed E-state index contributed by atoms with van der Waals surface area (Å²) >= 11 is 0. The van der Waals surface area contributed by atoms with Crippen LogP contribution in [0.3, 0.4) is 0 Å². The fourth-order valence-corrected chi connectivity index (χ4v) is 2.23. The summed E-state index contributed by atoms with van der Waals surface area (Å²) in [5.74, 6) is 2.54. The molecule has 3 rings (SSSR count). The summed E-state index contributed by atoms with van der Waals surface area (Å²) in [6, 6.07) is 13.5. The number of aromatic amines is 1. The third kappa shape index (κ3) is 4.83. The van der Waals surface area contributed by atoms with Crippen LogP contribution in [-0.2, 0) is 0 Å². The molecule has 26 heavy (non-hydrogen) atoms. The molecule has 2 aromatic carbocycles. The van der Waals surface area contributed by atoms with Gasteiger partial charge in [0.2, 0.25) is 5.95 Å². The summed E-state index contributed by atoms with van der Waals surface area (Å²) in [7, 11) is 1.60. The van der Waals surface area contributed by atoms with E-state index in [-0.39, 0.29) is 0 Å². The molecule has 0 aliphatic rings. The van der Waals surface area contributed by atoms with Gasteiger partial charge in [0.05, 0.1) is 7.11 Å². The lowest BCUT2D eigenvalue weighted by Gasteiger charge is -2.12. The molecule has 0 atom stereocenters. The molecular formula is C19H20N4O3. The zero-order valence-corrected chi connectivity index (χ0v) is 14.7. The van der Waals surface area contributed by atoms with Gasteiger partial charge in [-0.1, -0.05) is 17.7 Å². The van der Waals surface area contributed by atoms with Gasteiger partial charge in [-0.05, 0) is 42.8 Å². The topological polar surface area (TPSA) is 81.6 Å². The van der Waals surface area contributed by atoms with E-state index >= 15 is 0 Å². The van der Waals surface area contributed by atoms with Gasteiger partial charge in [-0.25, -0.2) is 10.1 Å². The van der Waals surface area contributed by atoms with Crippen LogP contribution in [0, 0.1) is 6.92 Å². The second-order valence-electron chi connectivity index (χ2n) is 5.49. The molecule has 0 saturated carbocycles. The van der Waals surface area contributed by atoms with Crippen LogP contribution >= 0.6 is 0 Å². The van der Waals surface area contributed by atoms with Crippen LogP contribution in [0.15, 0.2) is 53.8 Å². The van der Waals surface area contributed by atoms with E-state index < -0.39 is 0 Å². The van der Waals surface area contributed by atoms with Crippen molar-refractivity contribution in [2.45, 2.75) is 6.92 Å². The highest BCUT2D eigenvalue weighted by atomic mass is 16.5. The molecule has 0 saturated heterocycles. The van der Waals surface area contributed by atoms with Crippen LogP contribution in [0.4, 0.5) is 5.95 Å². The maximum atomic E-state index is 5.76. The lowest BCUT2D eigenvalue weighted by molar-refractivity contribution is 0.211. The quantitative estimate of drug-likeness (QED) is 0.497. The number of rotatable bonds is 8. The van der Waals surface area contributed by atoms with Crippen molar-refractivity contribution in [3.63, 3.8) is 0 Å². The molecule has 0 radical (unpaired) electrons. The number of H-pyrrole nitrogens is 1. The van der Waals surface area contributed by atoms with E-state index in [4.69, 9.17) is 14.2 Å². The Morgan fingerprint density at radius 1 is 1.04 bits per heavy atom. The van der Waals surface area contributed by atoms with E-state index in [1.807, 2.05) is 49.4 Å². The van der Waals surface area contributed by atoms with Gasteiger partial charge in [-0.3, -0.25) is 0 Å². The number of hydrogen-bond donors (Lipinski definition) is 1. The number of aromatic nitrogens is 3. The van der Waals surface area contributed by atoms with Crippen LogP contribution in [0.1, 0.15) is 11.1 Å². The number of methoxy groups -OCH3 is 1. The van der Waals surface area contributed by atoms with Crippen LogP contribution in [0.2, 0.25) is 0 Å². The third-order valence-corrected chi connectivity index (χ3v) is 3.56. The molecule has 0 bridgehead atoms. The number of hydrogen-bond acceptors (Lipinski definition) is 6. The summed E-state index contributed by atoms with van der Waals surface area (Å²) in [6.45, 7) is 2.90. The van der Waals surface area contributed by atoms with E-state index in [0.717, 1.165) is 11.3 Å². The van der Waals surface area contributed by atoms with E-state index in [0.29, 0.717) is 30.7 Å². The number of ether oxygens (including phenoxy) is 3. The monoisotopic (exact) mass is 352 g/mol. The Bertz CT molecular complexity index is 846. The van der Waals surface area contributed by atoms with Crippen molar-refractivity contribution in [2.24, 2.45) is 4.99 Å². The van der Waals surface area contributed by atoms with Gasteiger partial charge < -0.3 is 14.2 Å². The minimum absolute atomic E-state index is 0.412. The molecule has 1 N–H and O–H groups in total. The van der Waals surface area contributed by atoms with Gasteiger partial charge in [-0.2, -0.15) is 10.1 Å². The maximum absolute atomic E-state index is 5.76. The van der Waals surface area contributed by atoms with E-state index in [9.17, 15) is 0 Å². The van der Waals surface area contributed by atoms with Gasteiger partial charge in [0, 0.05) is 6.21 Å². The number of nitrogens with one attached hydrogen (secondary N) is 1. The molecule has 0 fully saturated rings. The largest absolute Gasteiger partial charge is 0.493 e. The second-order valence-corrected chi connectivity index (χ2v) is 5.49. The predicted molar refractivity (Wildman–Crippen MR) is 98.8 cm³/mol. The molecule has 0 aliphatic heterocycles. The zero-order chi connectivity index (χ0) is 18.2. The standard InChI is InChI=1S/C19H20N4O3/c1-14-3-6-16(7-4-14)25-9-10-26-17-8-5-15(11-18(17)24-2)12-20-19-21-13-22-23-19/h3-8,11-13H,9-10H2,1-2H3,(H,21,22,23)/b20-12+. The summed E-state index contributed by atoms with van der Waals surface area (Å²) in [6.07, 6.45) is 3.08. The Hall–Kier alpha value is -3.35. The van der Waals surface area contributed by atoms with Gasteiger partial charge in [0.1, 0.15) is 25.3 Å². The summed E-state index contributed by atoms with van der Waals surface area (Å²) in [5.41, 5.74) is 2.06. The Kier molecular flexibility index (Phi) is 5.82. The lowest BCUT2D eigenvalue weighted by atomic mass is 10.2. The molecule has 1 aromatic heterocycles. The predicted octanol–water partition coefficient (Wildman–Crippen LogP) is 3.33. The molecule has 3 aromatic rings. The smallest absolute Gasteiger partial charge is 0.245 e. The zero-order valence-electron chi connectivity index (χ0n) is 14.7. The molecular weight excluding hydrogens is 332 g/mol. The summed E-state index contributed by atoms with van der Waals surface area (Å²) in [5, 5.41) is 6.41. The minimum atomic E-state index is 0.412. The molecule has 7 heteroatoms. The fourth-order valence-electron chi connectivity index (χ4n) is 2.23. The van der Waals surface area contributed by atoms with Crippen molar-refractivity contribution in [2.75, 3.05) is 20.3 Å². The van der Waals surface area contributed by atoms with Gasteiger partial charge >= 0.3 is 0 Å². The first-order valence-electron chi connectivity index (χ1n) is 8.14. The fraction of sp³-hybridized carbons (Fsp3) is 0.211. The van der Waals surface area contributed by atoms with Crippen molar-refractivity contribution < 1.29 is 14.2 Å². The van der Waals surface area contributed by atoms with Gasteiger partial charge in [-0.15, -0.1) is 0 Å². The first kappa shape index (κ1) is 17.5. The number of nitrogens with zero attached hydrogens (tertiary/aromatic N) is 3. The molecule has 134 valence electrons. The maximum Gasteiger partial charge on any atom is 0.245 e. The summed E-state index contributed by atoms with van der Waals surface area (Å²) < 4.78 is 16.8. The highest BCUT2D eigenvalue weighted by Crippen LogP contribution is 2.27. The van der Waals surface area contributed by atoms with Crippen molar-refractivity contribution in [3.8, 4) is 17.2 Å². The lowest BCUT2D eigenvalue weighted by Crippen LogP contribution is -2.09. The highest BCUT2D eigenvalue weighted by molar-refractivity contribution is 5.82.